The molecule has 0 bridgehead atoms. The first-order valence-corrected chi connectivity index (χ1v) is 7.28. The monoisotopic (exact) mass is 323 g/mol. The van der Waals surface area contributed by atoms with Crippen molar-refractivity contribution in [3.05, 3.63) is 94.4 Å². The topological polar surface area (TPSA) is 64.0 Å². The van der Waals surface area contributed by atoms with Crippen molar-refractivity contribution in [3.63, 3.8) is 0 Å². The lowest BCUT2D eigenvalue weighted by molar-refractivity contribution is 0.102. The molecule has 1 aromatic carbocycles. The molecule has 0 aliphatic carbocycles. The maximum atomic E-state index is 13.3. The van der Waals surface area contributed by atoms with Gasteiger partial charge in [-0.25, -0.2) is 4.39 Å². The van der Waals surface area contributed by atoms with E-state index in [2.05, 4.69) is 10.3 Å². The molecule has 0 saturated heterocycles. The molecule has 6 heteroatoms. The van der Waals surface area contributed by atoms with Crippen LogP contribution in [-0.2, 0) is 6.54 Å². The predicted octanol–water partition coefficient (Wildman–Crippen LogP) is 2.68. The zero-order chi connectivity index (χ0) is 16.9. The van der Waals surface area contributed by atoms with Gasteiger partial charge in [0.15, 0.2) is 0 Å². The van der Waals surface area contributed by atoms with Gasteiger partial charge in [0, 0.05) is 30.3 Å². The molecule has 24 heavy (non-hydrogen) atoms. The zero-order valence-electron chi connectivity index (χ0n) is 12.6. The Balaban J connectivity index is 1.83. The van der Waals surface area contributed by atoms with Gasteiger partial charge in [-0.3, -0.25) is 14.6 Å². The molecule has 0 saturated carbocycles. The van der Waals surface area contributed by atoms with Crippen LogP contribution in [0.2, 0.25) is 0 Å². The number of benzene rings is 1. The minimum atomic E-state index is -0.368. The van der Waals surface area contributed by atoms with Crippen LogP contribution in [0.25, 0.3) is 0 Å². The van der Waals surface area contributed by atoms with Gasteiger partial charge in [0.05, 0.1) is 12.1 Å². The van der Waals surface area contributed by atoms with Gasteiger partial charge < -0.3 is 9.88 Å². The molecule has 2 heterocycles. The van der Waals surface area contributed by atoms with Crippen LogP contribution in [0, 0.1) is 5.82 Å². The lowest BCUT2D eigenvalue weighted by Crippen LogP contribution is -2.22. The molecule has 0 atom stereocenters. The van der Waals surface area contributed by atoms with Crippen LogP contribution in [-0.4, -0.2) is 15.5 Å². The highest BCUT2D eigenvalue weighted by Crippen LogP contribution is 2.08. The quantitative estimate of drug-likeness (QED) is 0.803. The summed E-state index contributed by atoms with van der Waals surface area (Å²) < 4.78 is 14.6. The third kappa shape index (κ3) is 3.73. The summed E-state index contributed by atoms with van der Waals surface area (Å²) in [4.78, 5) is 28.1. The Hall–Kier alpha value is -3.28. The van der Waals surface area contributed by atoms with E-state index in [0.29, 0.717) is 16.8 Å². The Kier molecular flexibility index (Phi) is 4.47. The Morgan fingerprint density at radius 2 is 1.92 bits per heavy atom. The number of pyridine rings is 2. The number of anilines is 1. The first-order chi connectivity index (χ1) is 11.6. The van der Waals surface area contributed by atoms with E-state index in [4.69, 9.17) is 0 Å². The number of carbonyl (C=O) groups excluding carboxylic acids is 1. The van der Waals surface area contributed by atoms with Gasteiger partial charge in [-0.1, -0.05) is 12.1 Å². The summed E-state index contributed by atoms with van der Waals surface area (Å²) >= 11 is 0. The highest BCUT2D eigenvalue weighted by Gasteiger charge is 2.09. The molecule has 0 radical (unpaired) electrons. The van der Waals surface area contributed by atoms with E-state index in [1.165, 1.54) is 35.0 Å². The van der Waals surface area contributed by atoms with Crippen molar-refractivity contribution in [2.24, 2.45) is 0 Å². The fourth-order valence-corrected chi connectivity index (χ4v) is 2.26. The van der Waals surface area contributed by atoms with Crippen LogP contribution >= 0.6 is 0 Å². The second-order valence-corrected chi connectivity index (χ2v) is 5.20. The van der Waals surface area contributed by atoms with Gasteiger partial charge in [0.25, 0.3) is 11.5 Å². The van der Waals surface area contributed by atoms with Crippen molar-refractivity contribution in [2.45, 2.75) is 6.54 Å². The molecular formula is C18H14FN3O2. The second-order valence-electron chi connectivity index (χ2n) is 5.20. The number of hydrogen-bond acceptors (Lipinski definition) is 3. The molecule has 0 fully saturated rings. The maximum Gasteiger partial charge on any atom is 0.257 e. The number of aromatic nitrogens is 2. The Morgan fingerprint density at radius 1 is 1.12 bits per heavy atom. The van der Waals surface area contributed by atoms with Crippen LogP contribution in [0.5, 0.6) is 0 Å². The second kappa shape index (κ2) is 6.87. The van der Waals surface area contributed by atoms with Gasteiger partial charge in [-0.05, 0) is 35.9 Å². The molecule has 1 amide bonds. The number of carbonyl (C=O) groups is 1. The first kappa shape index (κ1) is 15.6. The Morgan fingerprint density at radius 3 is 2.67 bits per heavy atom. The van der Waals surface area contributed by atoms with E-state index >= 15 is 0 Å². The van der Waals surface area contributed by atoms with Crippen molar-refractivity contribution in [1.82, 2.24) is 9.55 Å². The average Bonchev–Trinajstić information content (AvgIpc) is 2.58. The van der Waals surface area contributed by atoms with E-state index in [1.807, 2.05) is 0 Å². The third-order valence-corrected chi connectivity index (χ3v) is 3.43. The number of nitrogens with one attached hydrogen (secondary N) is 1. The van der Waals surface area contributed by atoms with Gasteiger partial charge in [-0.15, -0.1) is 0 Å². The normalized spacial score (nSPS) is 10.4. The molecule has 0 spiro atoms. The Labute approximate surface area is 137 Å². The maximum absolute atomic E-state index is 13.3. The number of halogens is 1. The standard InChI is InChI=1S/C18H14FN3O2/c19-15-3-1-2-13(10-15)11-22-12-14(4-5-17(22)23)18(24)21-16-6-8-20-9-7-16/h1-10,12H,11H2,(H,20,21,24). The summed E-state index contributed by atoms with van der Waals surface area (Å²) in [6.07, 6.45) is 4.60. The SMILES string of the molecule is O=C(Nc1ccncc1)c1ccc(=O)n(Cc2cccc(F)c2)c1. The third-order valence-electron chi connectivity index (χ3n) is 3.43. The molecule has 3 aromatic rings. The summed E-state index contributed by atoms with van der Waals surface area (Å²) in [7, 11) is 0. The summed E-state index contributed by atoms with van der Waals surface area (Å²) in [6, 6.07) is 12.1. The van der Waals surface area contributed by atoms with Gasteiger partial charge in [0.1, 0.15) is 5.82 Å². The van der Waals surface area contributed by atoms with Crippen molar-refractivity contribution < 1.29 is 9.18 Å². The van der Waals surface area contributed by atoms with E-state index in [0.717, 1.165) is 0 Å². The van der Waals surface area contributed by atoms with Crippen LogP contribution in [0.1, 0.15) is 15.9 Å². The largest absolute Gasteiger partial charge is 0.322 e. The van der Waals surface area contributed by atoms with E-state index in [-0.39, 0.29) is 23.8 Å². The molecule has 5 nitrogen and oxygen atoms in total. The van der Waals surface area contributed by atoms with Crippen molar-refractivity contribution >= 4 is 11.6 Å². The van der Waals surface area contributed by atoms with E-state index in [9.17, 15) is 14.0 Å². The zero-order valence-corrected chi connectivity index (χ0v) is 12.6. The minimum Gasteiger partial charge on any atom is -0.322 e. The van der Waals surface area contributed by atoms with Gasteiger partial charge in [0.2, 0.25) is 0 Å². The first-order valence-electron chi connectivity index (χ1n) is 7.28. The molecule has 3 rings (SSSR count). The molecule has 120 valence electrons. The molecular weight excluding hydrogens is 309 g/mol. The fourth-order valence-electron chi connectivity index (χ4n) is 2.26. The van der Waals surface area contributed by atoms with Crippen molar-refractivity contribution in [3.8, 4) is 0 Å². The van der Waals surface area contributed by atoms with Crippen molar-refractivity contribution in [1.29, 1.82) is 0 Å². The summed E-state index contributed by atoms with van der Waals surface area (Å²) in [5, 5.41) is 2.72. The summed E-state index contributed by atoms with van der Waals surface area (Å²) in [6.45, 7) is 0.187. The van der Waals surface area contributed by atoms with Crippen molar-refractivity contribution in [2.75, 3.05) is 5.32 Å². The molecule has 0 aliphatic rings. The number of amides is 1. The average molecular weight is 323 g/mol. The lowest BCUT2D eigenvalue weighted by atomic mass is 10.2. The molecule has 2 aromatic heterocycles. The van der Waals surface area contributed by atoms with Crippen LogP contribution < -0.4 is 10.9 Å². The number of nitrogens with zero attached hydrogens (tertiary/aromatic N) is 2. The van der Waals surface area contributed by atoms with Crippen LogP contribution in [0.3, 0.4) is 0 Å². The molecule has 0 unspecified atom stereocenters. The van der Waals surface area contributed by atoms with E-state index in [1.54, 1.807) is 36.7 Å². The summed E-state index contributed by atoms with van der Waals surface area (Å²) in [5.74, 6) is -0.707. The van der Waals surface area contributed by atoms with Crippen LogP contribution in [0.4, 0.5) is 10.1 Å². The number of rotatable bonds is 4. The Bertz CT molecular complexity index is 923. The fraction of sp³-hybridized carbons (Fsp3) is 0.0556. The van der Waals surface area contributed by atoms with E-state index < -0.39 is 0 Å². The molecule has 0 aliphatic heterocycles. The highest BCUT2D eigenvalue weighted by molar-refractivity contribution is 6.03. The predicted molar refractivity (Wildman–Crippen MR) is 88.4 cm³/mol. The molecule has 1 N–H and O–H groups in total. The van der Waals surface area contributed by atoms with Gasteiger partial charge >= 0.3 is 0 Å². The lowest BCUT2D eigenvalue weighted by Gasteiger charge is -2.09. The minimum absolute atomic E-state index is 0.187. The van der Waals surface area contributed by atoms with Crippen LogP contribution in [0.15, 0.2) is 71.9 Å². The number of hydrogen-bond donors (Lipinski definition) is 1. The van der Waals surface area contributed by atoms with Gasteiger partial charge in [-0.2, -0.15) is 0 Å². The highest BCUT2D eigenvalue weighted by atomic mass is 19.1. The smallest absolute Gasteiger partial charge is 0.257 e. The summed E-state index contributed by atoms with van der Waals surface area (Å²) in [5.41, 5.74) is 1.32.